The number of rotatable bonds is 4. The number of anilines is 1. The fraction of sp³-hybridized carbons (Fsp3) is 0.762. The first-order valence-corrected chi connectivity index (χ1v) is 10.4. The molecule has 1 aromatic rings. The van der Waals surface area contributed by atoms with Gasteiger partial charge < -0.3 is 23.8 Å². The lowest BCUT2D eigenvalue weighted by atomic mass is 9.89. The van der Waals surface area contributed by atoms with E-state index in [1.807, 2.05) is 45.6 Å². The molecule has 8 nitrogen and oxygen atoms in total. The van der Waals surface area contributed by atoms with Gasteiger partial charge in [0.25, 0.3) is 0 Å². The van der Waals surface area contributed by atoms with Gasteiger partial charge in [-0.1, -0.05) is 19.0 Å². The van der Waals surface area contributed by atoms with Gasteiger partial charge in [0.15, 0.2) is 11.6 Å². The number of amides is 1. The van der Waals surface area contributed by atoms with Crippen LogP contribution in [0.4, 0.5) is 10.6 Å². The number of carbonyl (C=O) groups is 2. The number of carbonyl (C=O) groups excluding carboxylic acids is 2. The maximum Gasteiger partial charge on any atom is 0.410 e. The number of esters is 1. The van der Waals surface area contributed by atoms with E-state index in [0.717, 1.165) is 25.3 Å². The quantitative estimate of drug-likeness (QED) is 0.708. The summed E-state index contributed by atoms with van der Waals surface area (Å²) >= 11 is 0. The Labute approximate surface area is 172 Å². The minimum atomic E-state index is -0.487. The van der Waals surface area contributed by atoms with E-state index >= 15 is 0 Å². The summed E-state index contributed by atoms with van der Waals surface area (Å²) in [4.78, 5) is 28.5. The Balaban J connectivity index is 1.65. The number of aromatic nitrogens is 1. The zero-order chi connectivity index (χ0) is 21.3. The number of piperidine rings is 1. The van der Waals surface area contributed by atoms with Crippen LogP contribution in [-0.4, -0.2) is 61.0 Å². The number of fused-ring (bicyclic) bond motifs is 1. The highest BCUT2D eigenvalue weighted by Crippen LogP contribution is 2.36. The fourth-order valence-corrected chi connectivity index (χ4v) is 4.27. The van der Waals surface area contributed by atoms with Gasteiger partial charge in [-0.25, -0.2) is 4.79 Å². The first-order valence-electron chi connectivity index (χ1n) is 10.4. The summed E-state index contributed by atoms with van der Waals surface area (Å²) in [6, 6.07) is 1.85. The van der Waals surface area contributed by atoms with Crippen LogP contribution < -0.4 is 4.90 Å². The molecule has 0 aromatic carbocycles. The predicted octanol–water partition coefficient (Wildman–Crippen LogP) is 3.28. The first kappa shape index (κ1) is 21.5. The van der Waals surface area contributed by atoms with Gasteiger partial charge in [0.2, 0.25) is 0 Å². The highest BCUT2D eigenvalue weighted by atomic mass is 16.6. The number of methoxy groups -OCH3 is 1. The Kier molecular flexibility index (Phi) is 6.10. The van der Waals surface area contributed by atoms with Crippen LogP contribution in [0.25, 0.3) is 0 Å². The summed E-state index contributed by atoms with van der Waals surface area (Å²) in [5.41, 5.74) is -0.487. The van der Waals surface area contributed by atoms with E-state index in [-0.39, 0.29) is 18.0 Å². The third-order valence-corrected chi connectivity index (χ3v) is 5.72. The molecule has 8 heteroatoms. The number of nitrogens with zero attached hydrogens (tertiary/aromatic N) is 3. The summed E-state index contributed by atoms with van der Waals surface area (Å²) in [5, 5.41) is 4.22. The molecule has 2 aliphatic heterocycles. The largest absolute Gasteiger partial charge is 0.468 e. The minimum absolute atomic E-state index is 0.0480. The van der Waals surface area contributed by atoms with Crippen molar-refractivity contribution in [1.29, 1.82) is 0 Å². The molecule has 2 fully saturated rings. The molecule has 162 valence electrons. The Morgan fingerprint density at radius 1 is 1.21 bits per heavy atom. The van der Waals surface area contributed by atoms with Gasteiger partial charge in [0.05, 0.1) is 7.11 Å². The van der Waals surface area contributed by atoms with Crippen LogP contribution in [0.3, 0.4) is 0 Å². The first-order chi connectivity index (χ1) is 13.6. The predicted molar refractivity (Wildman–Crippen MR) is 108 cm³/mol. The molecular weight excluding hydrogens is 374 g/mol. The lowest BCUT2D eigenvalue weighted by Crippen LogP contribution is -2.45. The van der Waals surface area contributed by atoms with Crippen LogP contribution in [0.2, 0.25) is 0 Å². The molecule has 0 spiro atoms. The van der Waals surface area contributed by atoms with Crippen molar-refractivity contribution in [2.45, 2.75) is 52.6 Å². The van der Waals surface area contributed by atoms with E-state index < -0.39 is 11.5 Å². The van der Waals surface area contributed by atoms with Crippen molar-refractivity contribution in [2.24, 2.45) is 17.8 Å². The van der Waals surface area contributed by atoms with Crippen molar-refractivity contribution in [3.05, 3.63) is 11.8 Å². The smallest absolute Gasteiger partial charge is 0.410 e. The third-order valence-electron chi connectivity index (χ3n) is 5.72. The van der Waals surface area contributed by atoms with Gasteiger partial charge in [0, 0.05) is 32.2 Å². The third kappa shape index (κ3) is 4.85. The standard InChI is InChI=1S/C21H33N3O5/c1-13(2)18(19(25)27-6)16-9-17(22-29-16)24-10-14-7-8-23(11-15(14)12-24)20(26)28-21(3,4)5/h9,13-15,18H,7-8,10-12H2,1-6H3. The second-order valence-corrected chi connectivity index (χ2v) is 9.47. The average Bonchev–Trinajstić information content (AvgIpc) is 3.25. The molecule has 1 aromatic heterocycles. The van der Waals surface area contributed by atoms with Crippen molar-refractivity contribution >= 4 is 17.9 Å². The second-order valence-electron chi connectivity index (χ2n) is 9.47. The van der Waals surface area contributed by atoms with Crippen molar-refractivity contribution in [3.63, 3.8) is 0 Å². The molecule has 2 aliphatic rings. The van der Waals surface area contributed by atoms with E-state index in [2.05, 4.69) is 10.1 Å². The van der Waals surface area contributed by atoms with Gasteiger partial charge >= 0.3 is 12.1 Å². The average molecular weight is 408 g/mol. The SMILES string of the molecule is COC(=O)C(c1cc(N2CC3CCN(C(=O)OC(C)(C)C)CC3C2)no1)C(C)C. The summed E-state index contributed by atoms with van der Waals surface area (Å²) in [7, 11) is 1.39. The summed E-state index contributed by atoms with van der Waals surface area (Å²) < 4.78 is 16.0. The highest BCUT2D eigenvalue weighted by Gasteiger charge is 2.40. The van der Waals surface area contributed by atoms with Crippen LogP contribution in [0, 0.1) is 17.8 Å². The van der Waals surface area contributed by atoms with E-state index in [4.69, 9.17) is 14.0 Å². The van der Waals surface area contributed by atoms with Crippen molar-refractivity contribution < 1.29 is 23.6 Å². The topological polar surface area (TPSA) is 85.1 Å². The lowest BCUT2D eigenvalue weighted by Gasteiger charge is -2.35. The molecule has 2 saturated heterocycles. The maximum absolute atomic E-state index is 12.4. The summed E-state index contributed by atoms with van der Waals surface area (Å²) in [6.07, 6.45) is 0.706. The maximum atomic E-state index is 12.4. The zero-order valence-electron chi connectivity index (χ0n) is 18.3. The molecule has 0 N–H and O–H groups in total. The minimum Gasteiger partial charge on any atom is -0.468 e. The number of hydrogen-bond donors (Lipinski definition) is 0. The molecular formula is C21H33N3O5. The Morgan fingerprint density at radius 3 is 2.52 bits per heavy atom. The van der Waals surface area contributed by atoms with Gasteiger partial charge in [0.1, 0.15) is 11.5 Å². The summed E-state index contributed by atoms with van der Waals surface area (Å²) in [5.74, 6) is 1.43. The second kappa shape index (κ2) is 8.24. The molecule has 29 heavy (non-hydrogen) atoms. The van der Waals surface area contributed by atoms with E-state index in [1.54, 1.807) is 0 Å². The van der Waals surface area contributed by atoms with Crippen molar-refractivity contribution in [3.8, 4) is 0 Å². The molecule has 0 radical (unpaired) electrons. The molecule has 3 heterocycles. The van der Waals surface area contributed by atoms with Gasteiger partial charge in [-0.15, -0.1) is 0 Å². The molecule has 0 aliphatic carbocycles. The van der Waals surface area contributed by atoms with Gasteiger partial charge in [-0.3, -0.25) is 4.79 Å². The van der Waals surface area contributed by atoms with Crippen LogP contribution in [0.1, 0.15) is 52.7 Å². The van der Waals surface area contributed by atoms with E-state index in [1.165, 1.54) is 7.11 Å². The van der Waals surface area contributed by atoms with Crippen molar-refractivity contribution in [1.82, 2.24) is 10.1 Å². The normalized spacial score (nSPS) is 23.1. The van der Waals surface area contributed by atoms with Gasteiger partial charge in [-0.2, -0.15) is 0 Å². The fourth-order valence-electron chi connectivity index (χ4n) is 4.27. The Morgan fingerprint density at radius 2 is 1.90 bits per heavy atom. The Bertz CT molecular complexity index is 739. The highest BCUT2D eigenvalue weighted by molar-refractivity contribution is 5.77. The molecule has 1 amide bonds. The molecule has 0 bridgehead atoms. The van der Waals surface area contributed by atoms with Crippen LogP contribution in [0.15, 0.2) is 10.6 Å². The van der Waals surface area contributed by atoms with Gasteiger partial charge in [-0.05, 0) is 44.9 Å². The number of hydrogen-bond acceptors (Lipinski definition) is 7. The monoisotopic (exact) mass is 407 g/mol. The van der Waals surface area contributed by atoms with E-state index in [0.29, 0.717) is 30.7 Å². The summed E-state index contributed by atoms with van der Waals surface area (Å²) in [6.45, 7) is 12.7. The van der Waals surface area contributed by atoms with E-state index in [9.17, 15) is 9.59 Å². The Hall–Kier alpha value is -2.25. The van der Waals surface area contributed by atoms with Crippen molar-refractivity contribution in [2.75, 3.05) is 38.2 Å². The van der Waals surface area contributed by atoms with Crippen LogP contribution in [-0.2, 0) is 14.3 Å². The molecule has 3 unspecified atom stereocenters. The molecule has 3 rings (SSSR count). The molecule has 3 atom stereocenters. The molecule has 0 saturated carbocycles. The van der Waals surface area contributed by atoms with Crippen LogP contribution >= 0.6 is 0 Å². The lowest BCUT2D eigenvalue weighted by molar-refractivity contribution is -0.144. The number of likely N-dealkylation sites (tertiary alicyclic amines) is 1. The van der Waals surface area contributed by atoms with Crippen LogP contribution in [0.5, 0.6) is 0 Å². The zero-order valence-corrected chi connectivity index (χ0v) is 18.3. The number of ether oxygens (including phenoxy) is 2.